The molecule has 0 aliphatic heterocycles. The van der Waals surface area contributed by atoms with Crippen molar-refractivity contribution in [2.24, 2.45) is 0 Å². The molecule has 0 amide bonds. The molecule has 0 heterocycles. The molecule has 1 aliphatic rings. The average molecular weight is 333 g/mol. The number of rotatable bonds is 4. The van der Waals surface area contributed by atoms with Crippen molar-refractivity contribution in [3.63, 3.8) is 0 Å². The molecule has 18 heavy (non-hydrogen) atoms. The van der Waals surface area contributed by atoms with Gasteiger partial charge in [-0.3, -0.25) is 0 Å². The third-order valence-corrected chi connectivity index (χ3v) is 9.63. The minimum Gasteiger partial charge on any atom is -0.410 e. The van der Waals surface area contributed by atoms with E-state index in [1.807, 2.05) is 6.08 Å². The highest BCUT2D eigenvalue weighted by Crippen LogP contribution is 2.43. The summed E-state index contributed by atoms with van der Waals surface area (Å²) in [5.74, 6) is 0. The first kappa shape index (κ1) is 16.2. The summed E-state index contributed by atoms with van der Waals surface area (Å²) in [6, 6.07) is 0. The summed E-state index contributed by atoms with van der Waals surface area (Å²) in [5.41, 5.74) is -0.410. The van der Waals surface area contributed by atoms with Crippen LogP contribution in [-0.2, 0) is 9.16 Å². The van der Waals surface area contributed by atoms with Crippen molar-refractivity contribution in [3.05, 3.63) is 23.2 Å². The standard InChI is InChI=1S/C14H25BrO2Si/c1-8-14(16-5)10-11(9-12(14)15)17-18(6,7)13(2,3)4/h8-9,11H,1,10H2,2-7H3/t11-,14-/m1/s1. The maximum absolute atomic E-state index is 6.40. The maximum atomic E-state index is 6.40. The minimum absolute atomic E-state index is 0.109. The molecule has 1 rings (SSSR count). The van der Waals surface area contributed by atoms with E-state index in [4.69, 9.17) is 9.16 Å². The van der Waals surface area contributed by atoms with E-state index < -0.39 is 13.9 Å². The van der Waals surface area contributed by atoms with E-state index in [-0.39, 0.29) is 11.1 Å². The molecule has 0 N–H and O–H groups in total. The Balaban J connectivity index is 2.83. The fourth-order valence-corrected chi connectivity index (χ4v) is 3.88. The van der Waals surface area contributed by atoms with Crippen LogP contribution in [0.5, 0.6) is 0 Å². The van der Waals surface area contributed by atoms with Gasteiger partial charge in [-0.25, -0.2) is 0 Å². The molecular weight excluding hydrogens is 308 g/mol. The summed E-state index contributed by atoms with van der Waals surface area (Å²) < 4.78 is 13.0. The predicted octanol–water partition coefficient (Wildman–Crippen LogP) is 4.63. The fraction of sp³-hybridized carbons (Fsp3) is 0.714. The number of hydrogen-bond donors (Lipinski definition) is 0. The Kier molecular flexibility index (Phi) is 4.70. The first-order valence-corrected chi connectivity index (χ1v) is 10.0. The van der Waals surface area contributed by atoms with Crippen molar-refractivity contribution < 1.29 is 9.16 Å². The van der Waals surface area contributed by atoms with Crippen molar-refractivity contribution in [3.8, 4) is 0 Å². The van der Waals surface area contributed by atoms with Crippen LogP contribution in [0.15, 0.2) is 23.2 Å². The SMILES string of the molecule is C=C[C@@]1(OC)C[C@H](O[Si](C)(C)C(C)(C)C)C=C1Br. The zero-order valence-corrected chi connectivity index (χ0v) is 14.9. The lowest BCUT2D eigenvalue weighted by Crippen LogP contribution is -2.44. The first-order valence-electron chi connectivity index (χ1n) is 6.32. The van der Waals surface area contributed by atoms with Gasteiger partial charge in [0.25, 0.3) is 0 Å². The van der Waals surface area contributed by atoms with E-state index >= 15 is 0 Å². The molecule has 2 atom stereocenters. The van der Waals surface area contributed by atoms with Gasteiger partial charge in [0, 0.05) is 18.0 Å². The molecular formula is C14H25BrO2Si. The zero-order chi connectivity index (χ0) is 14.2. The molecule has 1 aliphatic carbocycles. The lowest BCUT2D eigenvalue weighted by molar-refractivity contribution is 0.0494. The van der Waals surface area contributed by atoms with E-state index in [2.05, 4.69) is 62.5 Å². The average Bonchev–Trinajstić information content (AvgIpc) is 2.53. The second kappa shape index (κ2) is 5.23. The molecule has 0 saturated carbocycles. The topological polar surface area (TPSA) is 18.5 Å². The Morgan fingerprint density at radius 3 is 2.39 bits per heavy atom. The second-order valence-electron chi connectivity index (χ2n) is 6.43. The highest BCUT2D eigenvalue weighted by molar-refractivity contribution is 9.11. The van der Waals surface area contributed by atoms with E-state index in [9.17, 15) is 0 Å². The van der Waals surface area contributed by atoms with Crippen molar-refractivity contribution in [2.75, 3.05) is 7.11 Å². The van der Waals surface area contributed by atoms with Crippen LogP contribution in [0.4, 0.5) is 0 Å². The van der Waals surface area contributed by atoms with Gasteiger partial charge in [-0.1, -0.05) is 49.4 Å². The smallest absolute Gasteiger partial charge is 0.192 e. The monoisotopic (exact) mass is 332 g/mol. The molecule has 0 aromatic carbocycles. The number of methoxy groups -OCH3 is 1. The quantitative estimate of drug-likeness (QED) is 0.552. The van der Waals surface area contributed by atoms with E-state index in [0.717, 1.165) is 10.9 Å². The number of halogens is 1. The molecule has 0 saturated heterocycles. The van der Waals surface area contributed by atoms with Crippen LogP contribution in [0.3, 0.4) is 0 Å². The summed E-state index contributed by atoms with van der Waals surface area (Å²) in [6.45, 7) is 15.2. The van der Waals surface area contributed by atoms with Crippen LogP contribution >= 0.6 is 15.9 Å². The predicted molar refractivity (Wildman–Crippen MR) is 83.6 cm³/mol. The lowest BCUT2D eigenvalue weighted by atomic mass is 10.0. The van der Waals surface area contributed by atoms with Crippen molar-refractivity contribution in [1.29, 1.82) is 0 Å². The summed E-state index contributed by atoms with van der Waals surface area (Å²) in [6.07, 6.45) is 4.88. The molecule has 0 bridgehead atoms. The molecule has 2 nitrogen and oxygen atoms in total. The van der Waals surface area contributed by atoms with E-state index in [1.165, 1.54) is 0 Å². The normalized spacial score (nSPS) is 29.3. The van der Waals surface area contributed by atoms with Gasteiger partial charge in [0.15, 0.2) is 8.32 Å². The highest BCUT2D eigenvalue weighted by Gasteiger charge is 2.44. The van der Waals surface area contributed by atoms with Gasteiger partial charge in [0.1, 0.15) is 5.60 Å². The fourth-order valence-electron chi connectivity index (χ4n) is 1.84. The Hall–Kier alpha value is 0.0969. The Bertz CT molecular complexity index is 357. The van der Waals surface area contributed by atoms with Gasteiger partial charge in [0.2, 0.25) is 0 Å². The van der Waals surface area contributed by atoms with E-state index in [0.29, 0.717) is 0 Å². The third kappa shape index (κ3) is 2.98. The summed E-state index contributed by atoms with van der Waals surface area (Å²) in [7, 11) is -0.0291. The van der Waals surface area contributed by atoms with Crippen molar-refractivity contribution in [1.82, 2.24) is 0 Å². The summed E-state index contributed by atoms with van der Waals surface area (Å²) in [4.78, 5) is 0. The second-order valence-corrected chi connectivity index (χ2v) is 12.0. The Labute approximate surface area is 121 Å². The molecule has 0 aromatic heterocycles. The van der Waals surface area contributed by atoms with Gasteiger partial charge < -0.3 is 9.16 Å². The third-order valence-electron chi connectivity index (χ3n) is 4.19. The maximum Gasteiger partial charge on any atom is 0.192 e. The van der Waals surface area contributed by atoms with Crippen LogP contribution in [0.2, 0.25) is 18.1 Å². The highest BCUT2D eigenvalue weighted by atomic mass is 79.9. The summed E-state index contributed by atoms with van der Waals surface area (Å²) in [5, 5.41) is 0.222. The van der Waals surface area contributed by atoms with Crippen molar-refractivity contribution in [2.45, 2.75) is 57.0 Å². The van der Waals surface area contributed by atoms with Crippen LogP contribution < -0.4 is 0 Å². The van der Waals surface area contributed by atoms with Gasteiger partial charge >= 0.3 is 0 Å². The molecule has 4 heteroatoms. The molecule has 0 spiro atoms. The molecule has 0 radical (unpaired) electrons. The molecule has 0 unspecified atom stereocenters. The Morgan fingerprint density at radius 1 is 1.50 bits per heavy atom. The van der Waals surface area contributed by atoms with Gasteiger partial charge in [-0.05, 0) is 24.2 Å². The lowest BCUT2D eigenvalue weighted by Gasteiger charge is -2.38. The largest absolute Gasteiger partial charge is 0.410 e. The molecule has 0 aromatic rings. The van der Waals surface area contributed by atoms with Crippen LogP contribution in [-0.4, -0.2) is 27.1 Å². The molecule has 0 fully saturated rings. The Morgan fingerprint density at radius 2 is 2.06 bits per heavy atom. The van der Waals surface area contributed by atoms with Gasteiger partial charge in [0.05, 0.1) is 6.10 Å². The van der Waals surface area contributed by atoms with Gasteiger partial charge in [-0.15, -0.1) is 0 Å². The first-order chi connectivity index (χ1) is 8.08. The summed E-state index contributed by atoms with van der Waals surface area (Å²) >= 11 is 3.58. The number of ether oxygens (including phenoxy) is 1. The number of hydrogen-bond acceptors (Lipinski definition) is 2. The van der Waals surface area contributed by atoms with Crippen molar-refractivity contribution >= 4 is 24.2 Å². The van der Waals surface area contributed by atoms with Crippen LogP contribution in [0.1, 0.15) is 27.2 Å². The van der Waals surface area contributed by atoms with E-state index in [1.54, 1.807) is 7.11 Å². The minimum atomic E-state index is -1.74. The van der Waals surface area contributed by atoms with Gasteiger partial charge in [-0.2, -0.15) is 0 Å². The zero-order valence-electron chi connectivity index (χ0n) is 12.3. The van der Waals surface area contributed by atoms with Crippen LogP contribution in [0.25, 0.3) is 0 Å². The van der Waals surface area contributed by atoms with Crippen LogP contribution in [0, 0.1) is 0 Å². The molecule has 104 valence electrons.